The number of benzene rings is 2. The summed E-state index contributed by atoms with van der Waals surface area (Å²) in [5.74, 6) is -0.528. The molecule has 7 nitrogen and oxygen atoms in total. The molecule has 0 fully saturated rings. The molecule has 1 amide bonds. The topological polar surface area (TPSA) is 109 Å². The van der Waals surface area contributed by atoms with Gasteiger partial charge in [0.25, 0.3) is 5.91 Å². The van der Waals surface area contributed by atoms with Gasteiger partial charge in [-0.3, -0.25) is 14.6 Å². The fraction of sp³-hybridized carbons (Fsp3) is 0.150. The molecule has 0 radical (unpaired) electrons. The van der Waals surface area contributed by atoms with E-state index >= 15 is 0 Å². The average molecular weight is 366 g/mol. The van der Waals surface area contributed by atoms with Crippen LogP contribution < -0.4 is 10.1 Å². The molecule has 0 unspecified atom stereocenters. The third-order valence-corrected chi connectivity index (χ3v) is 4.04. The lowest BCUT2D eigenvalue weighted by Crippen LogP contribution is -2.39. The van der Waals surface area contributed by atoms with Gasteiger partial charge >= 0.3 is 5.97 Å². The number of aliphatic hydroxyl groups excluding tert-OH is 1. The SMILES string of the molecule is C[C@H](NC(=O)c1ncc2cc(Oc3ccccc3)ccc2c1CO)C(=O)O. The maximum Gasteiger partial charge on any atom is 0.325 e. The highest BCUT2D eigenvalue weighted by atomic mass is 16.5. The Morgan fingerprint density at radius 1 is 1.15 bits per heavy atom. The number of pyridine rings is 1. The van der Waals surface area contributed by atoms with Crippen LogP contribution in [-0.2, 0) is 11.4 Å². The fourth-order valence-corrected chi connectivity index (χ4v) is 2.63. The fourth-order valence-electron chi connectivity index (χ4n) is 2.63. The molecule has 138 valence electrons. The van der Waals surface area contributed by atoms with Crippen LogP contribution >= 0.6 is 0 Å². The number of rotatable bonds is 6. The molecule has 1 aromatic heterocycles. The Balaban J connectivity index is 1.94. The van der Waals surface area contributed by atoms with Crippen molar-refractivity contribution in [3.05, 3.63) is 66.0 Å². The van der Waals surface area contributed by atoms with Crippen LogP contribution in [0.3, 0.4) is 0 Å². The molecule has 0 aliphatic heterocycles. The zero-order valence-electron chi connectivity index (χ0n) is 14.5. The zero-order valence-corrected chi connectivity index (χ0v) is 14.5. The quantitative estimate of drug-likeness (QED) is 0.619. The molecular formula is C20H18N2O5. The summed E-state index contributed by atoms with van der Waals surface area (Å²) >= 11 is 0. The first-order chi connectivity index (χ1) is 13.0. The summed E-state index contributed by atoms with van der Waals surface area (Å²) in [5.41, 5.74) is 0.323. The molecular weight excluding hydrogens is 348 g/mol. The van der Waals surface area contributed by atoms with E-state index in [0.717, 1.165) is 0 Å². The summed E-state index contributed by atoms with van der Waals surface area (Å²) < 4.78 is 5.78. The summed E-state index contributed by atoms with van der Waals surface area (Å²) in [5, 5.41) is 22.3. The van der Waals surface area contributed by atoms with E-state index in [4.69, 9.17) is 9.84 Å². The van der Waals surface area contributed by atoms with E-state index in [1.54, 1.807) is 18.2 Å². The zero-order chi connectivity index (χ0) is 19.4. The summed E-state index contributed by atoms with van der Waals surface area (Å²) in [6.07, 6.45) is 1.49. The molecule has 1 atom stereocenters. The Kier molecular flexibility index (Phi) is 5.33. The van der Waals surface area contributed by atoms with Gasteiger partial charge in [0.15, 0.2) is 0 Å². The summed E-state index contributed by atoms with van der Waals surface area (Å²) in [6.45, 7) is 0.945. The molecule has 2 aromatic carbocycles. The minimum atomic E-state index is -1.16. The largest absolute Gasteiger partial charge is 0.480 e. The van der Waals surface area contributed by atoms with Crippen molar-refractivity contribution in [1.82, 2.24) is 10.3 Å². The highest BCUT2D eigenvalue weighted by Gasteiger charge is 2.20. The lowest BCUT2D eigenvalue weighted by molar-refractivity contribution is -0.138. The summed E-state index contributed by atoms with van der Waals surface area (Å²) in [4.78, 5) is 27.4. The van der Waals surface area contributed by atoms with Gasteiger partial charge in [0, 0.05) is 17.1 Å². The first-order valence-corrected chi connectivity index (χ1v) is 8.28. The summed E-state index contributed by atoms with van der Waals surface area (Å²) in [7, 11) is 0. The van der Waals surface area contributed by atoms with Crippen LogP contribution in [0, 0.1) is 0 Å². The van der Waals surface area contributed by atoms with Gasteiger partial charge in [0.1, 0.15) is 23.2 Å². The smallest absolute Gasteiger partial charge is 0.325 e. The number of ether oxygens (including phenoxy) is 1. The van der Waals surface area contributed by atoms with Crippen LogP contribution in [-0.4, -0.2) is 33.1 Å². The molecule has 3 rings (SSSR count). The lowest BCUT2D eigenvalue weighted by Gasteiger charge is -2.13. The minimum Gasteiger partial charge on any atom is -0.480 e. The number of aromatic nitrogens is 1. The highest BCUT2D eigenvalue weighted by molar-refractivity contribution is 6.00. The van der Waals surface area contributed by atoms with E-state index in [2.05, 4.69) is 10.3 Å². The Morgan fingerprint density at radius 2 is 1.89 bits per heavy atom. The monoisotopic (exact) mass is 366 g/mol. The second-order valence-corrected chi connectivity index (χ2v) is 5.94. The third-order valence-electron chi connectivity index (χ3n) is 4.04. The Hall–Kier alpha value is -3.45. The van der Waals surface area contributed by atoms with Crippen LogP contribution in [0.1, 0.15) is 23.0 Å². The molecule has 0 aliphatic carbocycles. The summed E-state index contributed by atoms with van der Waals surface area (Å²) in [6, 6.07) is 13.4. The van der Waals surface area contributed by atoms with Gasteiger partial charge in [0.05, 0.1) is 6.61 Å². The molecule has 0 saturated carbocycles. The second kappa shape index (κ2) is 7.84. The number of hydrogen-bond donors (Lipinski definition) is 3. The number of nitrogens with zero attached hydrogens (tertiary/aromatic N) is 1. The van der Waals surface area contributed by atoms with Crippen molar-refractivity contribution < 1.29 is 24.5 Å². The van der Waals surface area contributed by atoms with Gasteiger partial charge in [-0.05, 0) is 36.6 Å². The van der Waals surface area contributed by atoms with Crippen molar-refractivity contribution in [2.24, 2.45) is 0 Å². The van der Waals surface area contributed by atoms with Gasteiger partial charge in [-0.1, -0.05) is 24.3 Å². The van der Waals surface area contributed by atoms with E-state index in [0.29, 0.717) is 27.8 Å². The normalized spacial score (nSPS) is 11.8. The number of nitrogens with one attached hydrogen (secondary N) is 1. The standard InChI is InChI=1S/C20H18N2O5/c1-12(20(25)26)22-19(24)18-17(11-23)16-8-7-15(9-13(16)10-21-18)27-14-5-3-2-4-6-14/h2-10,12,23H,11H2,1H3,(H,22,24)(H,25,26)/t12-/m0/s1. The van der Waals surface area contributed by atoms with Crippen LogP contribution in [0.15, 0.2) is 54.7 Å². The molecule has 0 saturated heterocycles. The Morgan fingerprint density at radius 3 is 2.56 bits per heavy atom. The van der Waals surface area contributed by atoms with E-state index in [-0.39, 0.29) is 5.69 Å². The molecule has 0 bridgehead atoms. The lowest BCUT2D eigenvalue weighted by atomic mass is 10.0. The minimum absolute atomic E-state index is 0.00479. The van der Waals surface area contributed by atoms with Crippen molar-refractivity contribution >= 4 is 22.6 Å². The van der Waals surface area contributed by atoms with Gasteiger partial charge in [-0.2, -0.15) is 0 Å². The molecule has 3 N–H and O–H groups in total. The number of para-hydroxylation sites is 1. The van der Waals surface area contributed by atoms with Crippen molar-refractivity contribution in [2.75, 3.05) is 0 Å². The number of carbonyl (C=O) groups is 2. The number of fused-ring (bicyclic) bond motifs is 1. The van der Waals surface area contributed by atoms with Gasteiger partial charge in [0.2, 0.25) is 0 Å². The van der Waals surface area contributed by atoms with Crippen LogP contribution in [0.25, 0.3) is 10.8 Å². The first-order valence-electron chi connectivity index (χ1n) is 8.28. The van der Waals surface area contributed by atoms with Crippen LogP contribution in [0.2, 0.25) is 0 Å². The number of carboxylic acid groups (broad SMARTS) is 1. The molecule has 7 heteroatoms. The van der Waals surface area contributed by atoms with Gasteiger partial charge in [-0.15, -0.1) is 0 Å². The van der Waals surface area contributed by atoms with Crippen molar-refractivity contribution in [3.8, 4) is 11.5 Å². The van der Waals surface area contributed by atoms with Crippen molar-refractivity contribution in [1.29, 1.82) is 0 Å². The third kappa shape index (κ3) is 4.04. The predicted octanol–water partition coefficient (Wildman–Crippen LogP) is 2.72. The number of hydrogen-bond acceptors (Lipinski definition) is 5. The maximum absolute atomic E-state index is 12.3. The second-order valence-electron chi connectivity index (χ2n) is 5.94. The Labute approximate surface area is 155 Å². The molecule has 1 heterocycles. The number of aliphatic hydroxyl groups is 1. The highest BCUT2D eigenvalue weighted by Crippen LogP contribution is 2.28. The molecule has 0 spiro atoms. The molecule has 0 aliphatic rings. The maximum atomic E-state index is 12.3. The number of amides is 1. The van der Waals surface area contributed by atoms with E-state index in [1.807, 2.05) is 30.3 Å². The molecule has 27 heavy (non-hydrogen) atoms. The van der Waals surface area contributed by atoms with E-state index in [1.165, 1.54) is 13.1 Å². The number of carbonyl (C=O) groups excluding carboxylic acids is 1. The van der Waals surface area contributed by atoms with Gasteiger partial charge in [-0.25, -0.2) is 0 Å². The van der Waals surface area contributed by atoms with Gasteiger partial charge < -0.3 is 20.3 Å². The predicted molar refractivity (Wildman–Crippen MR) is 98.7 cm³/mol. The number of carboxylic acids is 1. The van der Waals surface area contributed by atoms with Crippen LogP contribution in [0.5, 0.6) is 11.5 Å². The average Bonchev–Trinajstić information content (AvgIpc) is 2.67. The van der Waals surface area contributed by atoms with Crippen molar-refractivity contribution in [2.45, 2.75) is 19.6 Å². The number of aliphatic carboxylic acids is 1. The van der Waals surface area contributed by atoms with Crippen LogP contribution in [0.4, 0.5) is 0 Å². The van der Waals surface area contributed by atoms with E-state index < -0.39 is 24.5 Å². The first kappa shape index (κ1) is 18.3. The Bertz CT molecular complexity index is 988. The van der Waals surface area contributed by atoms with Crippen molar-refractivity contribution in [3.63, 3.8) is 0 Å². The van der Waals surface area contributed by atoms with E-state index in [9.17, 15) is 14.7 Å². The molecule has 3 aromatic rings.